The second-order valence-corrected chi connectivity index (χ2v) is 9.08. The van der Waals surface area contributed by atoms with E-state index in [0.717, 1.165) is 69.7 Å². The number of para-hydroxylation sites is 1. The maximum atomic E-state index is 13.0. The highest BCUT2D eigenvalue weighted by molar-refractivity contribution is 5.97. The Morgan fingerprint density at radius 2 is 1.84 bits per heavy atom. The first-order valence-electron chi connectivity index (χ1n) is 11.8. The lowest BCUT2D eigenvalue weighted by Crippen LogP contribution is -2.44. The molecule has 2 fully saturated rings. The fourth-order valence-corrected chi connectivity index (χ4v) is 4.77. The van der Waals surface area contributed by atoms with Crippen LogP contribution >= 0.6 is 0 Å². The summed E-state index contributed by atoms with van der Waals surface area (Å²) < 4.78 is 6.37. The number of piperidine rings is 2. The molecule has 1 atom stereocenters. The van der Waals surface area contributed by atoms with Crippen LogP contribution in [0.15, 0.2) is 42.6 Å². The van der Waals surface area contributed by atoms with Crippen molar-refractivity contribution in [1.29, 1.82) is 0 Å². The van der Waals surface area contributed by atoms with E-state index in [1.54, 1.807) is 0 Å². The Hall–Kier alpha value is -2.40. The van der Waals surface area contributed by atoms with E-state index in [0.29, 0.717) is 11.6 Å². The van der Waals surface area contributed by atoms with Crippen LogP contribution in [-0.2, 0) is 6.42 Å². The molecule has 2 saturated heterocycles. The Bertz CT molecular complexity index is 870. The van der Waals surface area contributed by atoms with E-state index in [9.17, 15) is 4.79 Å². The predicted octanol–water partition coefficient (Wildman–Crippen LogP) is 4.49. The molecular formula is C26H35N3O2. The van der Waals surface area contributed by atoms with Crippen molar-refractivity contribution in [3.8, 4) is 5.75 Å². The Kier molecular flexibility index (Phi) is 7.23. The zero-order valence-corrected chi connectivity index (χ0v) is 18.9. The van der Waals surface area contributed by atoms with Gasteiger partial charge in [-0.05, 0) is 75.8 Å². The summed E-state index contributed by atoms with van der Waals surface area (Å²) in [6.07, 6.45) is 8.43. The Balaban J connectivity index is 1.32. The van der Waals surface area contributed by atoms with Gasteiger partial charge in [-0.1, -0.05) is 12.1 Å². The Labute approximate surface area is 186 Å². The van der Waals surface area contributed by atoms with Gasteiger partial charge in [-0.3, -0.25) is 14.7 Å². The molecule has 5 nitrogen and oxygen atoms in total. The highest BCUT2D eigenvalue weighted by Crippen LogP contribution is 2.26. The first kappa shape index (κ1) is 21.8. The number of pyridine rings is 1. The summed E-state index contributed by atoms with van der Waals surface area (Å²) in [5.41, 5.74) is 3.14. The molecule has 4 rings (SSSR count). The summed E-state index contributed by atoms with van der Waals surface area (Å²) in [7, 11) is 0. The first-order valence-corrected chi connectivity index (χ1v) is 11.8. The number of carbonyl (C=O) groups excluding carboxylic acids is 1. The second-order valence-electron chi connectivity index (χ2n) is 9.08. The maximum absolute atomic E-state index is 13.0. The van der Waals surface area contributed by atoms with Gasteiger partial charge in [0.15, 0.2) is 0 Å². The van der Waals surface area contributed by atoms with Crippen LogP contribution in [0, 0.1) is 6.92 Å². The van der Waals surface area contributed by atoms with Crippen molar-refractivity contribution in [2.24, 2.45) is 0 Å². The molecule has 31 heavy (non-hydrogen) atoms. The molecule has 0 saturated carbocycles. The third-order valence-corrected chi connectivity index (χ3v) is 6.63. The second kappa shape index (κ2) is 10.3. The number of aryl methyl sites for hydroxylation is 1. The predicted molar refractivity (Wildman–Crippen MR) is 124 cm³/mol. The molecule has 2 aliphatic rings. The van der Waals surface area contributed by atoms with Gasteiger partial charge in [-0.25, -0.2) is 0 Å². The van der Waals surface area contributed by atoms with Crippen LogP contribution in [0.2, 0.25) is 0 Å². The van der Waals surface area contributed by atoms with Crippen molar-refractivity contribution in [2.45, 2.75) is 64.5 Å². The highest BCUT2D eigenvalue weighted by atomic mass is 16.5. The van der Waals surface area contributed by atoms with Crippen molar-refractivity contribution < 1.29 is 9.53 Å². The molecular weight excluding hydrogens is 386 g/mol. The molecule has 0 N–H and O–H groups in total. The standard InChI is InChI=1S/C26H35N3O2/c1-20-10-13-27-22(18-20)19-21(2)28-16-11-23(12-17-28)31-25-9-5-4-8-24(25)26(30)29-14-6-3-7-15-29/h4-5,8-10,13,18,21,23H,3,6-7,11-12,14-17,19H2,1-2H3. The van der Waals surface area contributed by atoms with Crippen LogP contribution in [-0.4, -0.2) is 59.0 Å². The minimum Gasteiger partial charge on any atom is -0.489 e. The van der Waals surface area contributed by atoms with Crippen LogP contribution in [0.4, 0.5) is 0 Å². The molecule has 3 heterocycles. The summed E-state index contributed by atoms with van der Waals surface area (Å²) in [6.45, 7) is 8.16. The summed E-state index contributed by atoms with van der Waals surface area (Å²) in [5, 5.41) is 0. The van der Waals surface area contributed by atoms with Gasteiger partial charge in [0.1, 0.15) is 11.9 Å². The molecule has 1 aromatic carbocycles. The molecule has 1 aromatic heterocycles. The minimum atomic E-state index is 0.118. The van der Waals surface area contributed by atoms with Crippen molar-refractivity contribution >= 4 is 5.91 Å². The number of benzene rings is 1. The van der Waals surface area contributed by atoms with Crippen LogP contribution in [0.3, 0.4) is 0 Å². The number of aromatic nitrogens is 1. The quantitative estimate of drug-likeness (QED) is 0.689. The monoisotopic (exact) mass is 421 g/mol. The Morgan fingerprint density at radius 1 is 1.10 bits per heavy atom. The molecule has 1 unspecified atom stereocenters. The van der Waals surface area contributed by atoms with E-state index in [1.165, 1.54) is 12.0 Å². The molecule has 0 spiro atoms. The fraction of sp³-hybridized carbons (Fsp3) is 0.538. The lowest BCUT2D eigenvalue weighted by molar-refractivity contribution is 0.0683. The van der Waals surface area contributed by atoms with Crippen molar-refractivity contribution in [2.75, 3.05) is 26.2 Å². The van der Waals surface area contributed by atoms with Crippen LogP contribution in [0.1, 0.15) is 60.6 Å². The highest BCUT2D eigenvalue weighted by Gasteiger charge is 2.26. The lowest BCUT2D eigenvalue weighted by Gasteiger charge is -2.36. The average Bonchev–Trinajstić information content (AvgIpc) is 2.80. The van der Waals surface area contributed by atoms with Crippen LogP contribution in [0.5, 0.6) is 5.75 Å². The summed E-state index contributed by atoms with van der Waals surface area (Å²) in [4.78, 5) is 22.1. The van der Waals surface area contributed by atoms with Gasteiger partial charge >= 0.3 is 0 Å². The van der Waals surface area contributed by atoms with E-state index >= 15 is 0 Å². The van der Waals surface area contributed by atoms with Gasteiger partial charge in [-0.2, -0.15) is 0 Å². The van der Waals surface area contributed by atoms with Gasteiger partial charge in [0.2, 0.25) is 0 Å². The van der Waals surface area contributed by atoms with Gasteiger partial charge in [0.25, 0.3) is 5.91 Å². The molecule has 1 amide bonds. The van der Waals surface area contributed by atoms with Crippen molar-refractivity contribution in [3.63, 3.8) is 0 Å². The third-order valence-electron chi connectivity index (χ3n) is 6.63. The molecule has 166 valence electrons. The van der Waals surface area contributed by atoms with Crippen molar-refractivity contribution in [3.05, 3.63) is 59.4 Å². The normalized spacial score (nSPS) is 19.2. The van der Waals surface area contributed by atoms with E-state index in [2.05, 4.69) is 29.8 Å². The number of ether oxygens (including phenoxy) is 1. The zero-order valence-electron chi connectivity index (χ0n) is 18.9. The number of amides is 1. The first-order chi connectivity index (χ1) is 15.1. The fourth-order valence-electron chi connectivity index (χ4n) is 4.77. The Morgan fingerprint density at radius 3 is 2.58 bits per heavy atom. The van der Waals surface area contributed by atoms with Gasteiger partial charge in [0.05, 0.1) is 5.56 Å². The summed E-state index contributed by atoms with van der Waals surface area (Å²) in [5.74, 6) is 0.862. The zero-order chi connectivity index (χ0) is 21.6. The number of carbonyl (C=O) groups is 1. The van der Waals surface area contributed by atoms with Crippen LogP contribution in [0.25, 0.3) is 0 Å². The van der Waals surface area contributed by atoms with E-state index < -0.39 is 0 Å². The number of nitrogens with zero attached hydrogens (tertiary/aromatic N) is 3. The molecule has 2 aromatic rings. The molecule has 0 radical (unpaired) electrons. The minimum absolute atomic E-state index is 0.118. The molecule has 2 aliphatic heterocycles. The smallest absolute Gasteiger partial charge is 0.257 e. The van der Waals surface area contributed by atoms with E-state index in [-0.39, 0.29) is 12.0 Å². The molecule has 0 aliphatic carbocycles. The topological polar surface area (TPSA) is 45.7 Å². The largest absolute Gasteiger partial charge is 0.489 e. The van der Waals surface area contributed by atoms with E-state index in [4.69, 9.17) is 4.74 Å². The van der Waals surface area contributed by atoms with Gasteiger partial charge < -0.3 is 9.64 Å². The van der Waals surface area contributed by atoms with Crippen molar-refractivity contribution in [1.82, 2.24) is 14.8 Å². The SMILES string of the molecule is Cc1ccnc(CC(C)N2CCC(Oc3ccccc3C(=O)N3CCCCC3)CC2)c1. The summed E-state index contributed by atoms with van der Waals surface area (Å²) in [6, 6.07) is 12.5. The molecule has 5 heteroatoms. The number of hydrogen-bond acceptors (Lipinski definition) is 4. The maximum Gasteiger partial charge on any atom is 0.257 e. The van der Waals surface area contributed by atoms with Gasteiger partial charge in [-0.15, -0.1) is 0 Å². The van der Waals surface area contributed by atoms with Gasteiger partial charge in [0, 0.05) is 50.5 Å². The molecule has 0 bridgehead atoms. The lowest BCUT2D eigenvalue weighted by atomic mass is 10.0. The van der Waals surface area contributed by atoms with Crippen LogP contribution < -0.4 is 4.74 Å². The number of likely N-dealkylation sites (tertiary alicyclic amines) is 2. The average molecular weight is 422 g/mol. The third kappa shape index (κ3) is 5.65. The van der Waals surface area contributed by atoms with E-state index in [1.807, 2.05) is 41.4 Å². The number of rotatable bonds is 6. The number of hydrogen-bond donors (Lipinski definition) is 0. The summed E-state index contributed by atoms with van der Waals surface area (Å²) >= 11 is 0.